The number of carbonyl (C=O) groups excluding carboxylic acids is 2. The van der Waals surface area contributed by atoms with Crippen molar-refractivity contribution in [3.63, 3.8) is 0 Å². The van der Waals surface area contributed by atoms with Crippen LogP contribution >= 0.6 is 11.8 Å². The highest BCUT2D eigenvalue weighted by molar-refractivity contribution is 8.18. The van der Waals surface area contributed by atoms with Crippen molar-refractivity contribution in [2.45, 2.75) is 0 Å². The molecule has 25 heavy (non-hydrogen) atoms. The van der Waals surface area contributed by atoms with Crippen LogP contribution in [0.5, 0.6) is 5.75 Å². The summed E-state index contributed by atoms with van der Waals surface area (Å²) in [6, 6.07) is 11.4. The molecule has 1 aromatic heterocycles. The molecule has 1 aromatic carbocycles. The summed E-state index contributed by atoms with van der Waals surface area (Å²) in [6.45, 7) is 0.589. The van der Waals surface area contributed by atoms with E-state index in [1.807, 2.05) is 47.2 Å². The minimum Gasteiger partial charge on any atom is -0.497 e. The van der Waals surface area contributed by atoms with Gasteiger partial charge >= 0.3 is 0 Å². The molecule has 0 aliphatic carbocycles. The molecule has 130 valence electrons. The number of carbonyl (C=O) groups is 2. The fourth-order valence-corrected chi connectivity index (χ4v) is 3.35. The number of amides is 2. The molecule has 2 amide bonds. The Kier molecular flexibility index (Phi) is 5.25. The lowest BCUT2D eigenvalue weighted by atomic mass is 10.3. The van der Waals surface area contributed by atoms with E-state index in [1.165, 1.54) is 12.0 Å². The summed E-state index contributed by atoms with van der Waals surface area (Å²) in [6.07, 6.45) is 3.64. The Balaban J connectivity index is 1.86. The number of methoxy groups -OCH3 is 2. The van der Waals surface area contributed by atoms with Crippen LogP contribution in [0.4, 0.5) is 4.79 Å². The van der Waals surface area contributed by atoms with E-state index in [-0.39, 0.29) is 17.7 Å². The van der Waals surface area contributed by atoms with Crippen LogP contribution < -0.4 is 4.74 Å². The van der Waals surface area contributed by atoms with E-state index in [4.69, 9.17) is 9.47 Å². The number of ether oxygens (including phenoxy) is 2. The van der Waals surface area contributed by atoms with Gasteiger partial charge in [-0.2, -0.15) is 0 Å². The van der Waals surface area contributed by atoms with E-state index in [2.05, 4.69) is 0 Å². The zero-order chi connectivity index (χ0) is 17.8. The molecule has 1 saturated heterocycles. The van der Waals surface area contributed by atoms with E-state index < -0.39 is 0 Å². The van der Waals surface area contributed by atoms with Gasteiger partial charge in [0.15, 0.2) is 0 Å². The smallest absolute Gasteiger partial charge is 0.293 e. The van der Waals surface area contributed by atoms with Crippen LogP contribution in [0.15, 0.2) is 47.5 Å². The summed E-state index contributed by atoms with van der Waals surface area (Å²) in [5.41, 5.74) is 1.76. The van der Waals surface area contributed by atoms with Crippen molar-refractivity contribution in [1.29, 1.82) is 0 Å². The van der Waals surface area contributed by atoms with Gasteiger partial charge in [-0.15, -0.1) is 0 Å². The molecule has 3 rings (SSSR count). The van der Waals surface area contributed by atoms with Gasteiger partial charge in [0.1, 0.15) is 5.75 Å². The molecular weight excluding hydrogens is 340 g/mol. The van der Waals surface area contributed by atoms with Crippen molar-refractivity contribution in [3.05, 3.63) is 53.2 Å². The van der Waals surface area contributed by atoms with Crippen molar-refractivity contribution < 1.29 is 19.1 Å². The van der Waals surface area contributed by atoms with Gasteiger partial charge in [0.2, 0.25) is 0 Å². The Labute approximate surface area is 150 Å². The lowest BCUT2D eigenvalue weighted by Gasteiger charge is -2.11. The minimum absolute atomic E-state index is 0.262. The molecule has 7 heteroatoms. The fraction of sp³-hybridized carbons (Fsp3) is 0.222. The summed E-state index contributed by atoms with van der Waals surface area (Å²) in [5.74, 6) is 0.492. The normalized spacial score (nSPS) is 16.1. The van der Waals surface area contributed by atoms with Gasteiger partial charge in [-0.25, -0.2) is 0 Å². The van der Waals surface area contributed by atoms with Crippen molar-refractivity contribution in [3.8, 4) is 11.4 Å². The number of hydrogen-bond donors (Lipinski definition) is 0. The van der Waals surface area contributed by atoms with E-state index in [1.54, 1.807) is 13.2 Å². The number of benzene rings is 1. The topological polar surface area (TPSA) is 60.8 Å². The van der Waals surface area contributed by atoms with Crippen LogP contribution in [0.3, 0.4) is 0 Å². The molecule has 0 saturated carbocycles. The van der Waals surface area contributed by atoms with Crippen LogP contribution in [0.2, 0.25) is 0 Å². The highest BCUT2D eigenvalue weighted by Gasteiger charge is 2.34. The van der Waals surface area contributed by atoms with Crippen LogP contribution in [0, 0.1) is 0 Å². The Morgan fingerprint density at radius 1 is 1.12 bits per heavy atom. The SMILES string of the molecule is COCCN1C(=O)S/C(=C/c2cccn2-c2ccc(OC)cc2)C1=O. The first-order chi connectivity index (χ1) is 12.1. The predicted molar refractivity (Wildman–Crippen MR) is 96.9 cm³/mol. The maximum Gasteiger partial charge on any atom is 0.293 e. The largest absolute Gasteiger partial charge is 0.497 e. The first kappa shape index (κ1) is 17.3. The molecule has 0 atom stereocenters. The third-order valence-electron chi connectivity index (χ3n) is 3.80. The lowest BCUT2D eigenvalue weighted by Crippen LogP contribution is -2.31. The third kappa shape index (κ3) is 3.62. The van der Waals surface area contributed by atoms with Crippen molar-refractivity contribution >= 4 is 29.0 Å². The molecule has 0 radical (unpaired) electrons. The minimum atomic E-state index is -0.283. The fourth-order valence-electron chi connectivity index (χ4n) is 2.50. The summed E-state index contributed by atoms with van der Waals surface area (Å²) < 4.78 is 12.1. The third-order valence-corrected chi connectivity index (χ3v) is 4.71. The van der Waals surface area contributed by atoms with Crippen LogP contribution in [-0.4, -0.2) is 48.0 Å². The molecule has 1 fully saturated rings. The van der Waals surface area contributed by atoms with E-state index in [9.17, 15) is 9.59 Å². The van der Waals surface area contributed by atoms with Crippen molar-refractivity contribution in [2.24, 2.45) is 0 Å². The molecule has 0 spiro atoms. The first-order valence-corrected chi connectivity index (χ1v) is 8.52. The van der Waals surface area contributed by atoms with Crippen LogP contribution in [0.1, 0.15) is 5.69 Å². The van der Waals surface area contributed by atoms with Gasteiger partial charge in [0, 0.05) is 24.7 Å². The highest BCUT2D eigenvalue weighted by Crippen LogP contribution is 2.32. The van der Waals surface area contributed by atoms with Crippen LogP contribution in [-0.2, 0) is 9.53 Å². The average Bonchev–Trinajstić information content (AvgIpc) is 3.19. The molecule has 0 N–H and O–H groups in total. The zero-order valence-electron chi connectivity index (χ0n) is 14.0. The standard InChI is InChI=1S/C18H18N2O4S/c1-23-11-10-20-17(21)16(25-18(20)22)12-14-4-3-9-19(14)13-5-7-15(24-2)8-6-13/h3-9,12H,10-11H2,1-2H3/b16-12+. The summed E-state index contributed by atoms with van der Waals surface area (Å²) in [5, 5.41) is -0.268. The highest BCUT2D eigenvalue weighted by atomic mass is 32.2. The Morgan fingerprint density at radius 3 is 2.56 bits per heavy atom. The zero-order valence-corrected chi connectivity index (χ0v) is 14.8. The number of thioether (sulfide) groups is 1. The van der Waals surface area contributed by atoms with Gasteiger partial charge < -0.3 is 14.0 Å². The second kappa shape index (κ2) is 7.58. The number of hydrogen-bond acceptors (Lipinski definition) is 5. The second-order valence-electron chi connectivity index (χ2n) is 5.33. The van der Waals surface area contributed by atoms with Gasteiger partial charge in [0.05, 0.1) is 25.2 Å². The van der Waals surface area contributed by atoms with Gasteiger partial charge in [-0.3, -0.25) is 14.5 Å². The van der Waals surface area contributed by atoms with E-state index >= 15 is 0 Å². The maximum atomic E-state index is 12.4. The maximum absolute atomic E-state index is 12.4. The number of imide groups is 1. The molecule has 1 aliphatic heterocycles. The number of nitrogens with zero attached hydrogens (tertiary/aromatic N) is 2. The van der Waals surface area contributed by atoms with Crippen molar-refractivity contribution in [2.75, 3.05) is 27.4 Å². The summed E-state index contributed by atoms with van der Waals surface area (Å²) >= 11 is 0.950. The Hall–Kier alpha value is -2.51. The number of rotatable bonds is 6. The quantitative estimate of drug-likeness (QED) is 0.742. The monoisotopic (exact) mass is 358 g/mol. The van der Waals surface area contributed by atoms with E-state index in [0.717, 1.165) is 28.9 Å². The summed E-state index contributed by atoms with van der Waals surface area (Å²) in [7, 11) is 3.16. The molecule has 0 unspecified atom stereocenters. The molecule has 1 aliphatic rings. The predicted octanol–water partition coefficient (Wildman–Crippen LogP) is 3.17. The average molecular weight is 358 g/mol. The first-order valence-electron chi connectivity index (χ1n) is 7.70. The van der Waals surface area contributed by atoms with Gasteiger partial charge in [-0.05, 0) is 54.2 Å². The summed E-state index contributed by atoms with van der Waals surface area (Å²) in [4.78, 5) is 26.0. The second-order valence-corrected chi connectivity index (χ2v) is 6.32. The molecule has 2 aromatic rings. The molecule has 6 nitrogen and oxygen atoms in total. The van der Waals surface area contributed by atoms with Crippen LogP contribution in [0.25, 0.3) is 11.8 Å². The lowest BCUT2D eigenvalue weighted by molar-refractivity contribution is -0.123. The number of aromatic nitrogens is 1. The Morgan fingerprint density at radius 2 is 1.88 bits per heavy atom. The molecule has 2 heterocycles. The van der Waals surface area contributed by atoms with Crippen molar-refractivity contribution in [1.82, 2.24) is 9.47 Å². The Bertz CT molecular complexity index is 811. The molecule has 0 bridgehead atoms. The van der Waals surface area contributed by atoms with Gasteiger partial charge in [0.25, 0.3) is 11.1 Å². The van der Waals surface area contributed by atoms with Gasteiger partial charge in [-0.1, -0.05) is 0 Å². The van der Waals surface area contributed by atoms with E-state index in [0.29, 0.717) is 11.5 Å². The molecular formula is C18H18N2O4S.